The number of thioether (sulfide) groups is 1. The molecule has 0 unspecified atom stereocenters. The number of para-hydroxylation sites is 3. The van der Waals surface area contributed by atoms with Crippen LogP contribution in [0.15, 0.2) is 88.5 Å². The Labute approximate surface area is 187 Å². The predicted octanol–water partition coefficient (Wildman–Crippen LogP) is 4.45. The number of hydrogen-bond donors (Lipinski definition) is 0. The molecule has 0 spiro atoms. The molecule has 5 rings (SSSR count). The Kier molecular flexibility index (Phi) is 5.63. The van der Waals surface area contributed by atoms with Gasteiger partial charge in [-0.15, -0.1) is 5.10 Å². The first kappa shape index (κ1) is 20.0. The number of nitrogens with zero attached hydrogens (tertiary/aromatic N) is 5. The van der Waals surface area contributed by atoms with Crippen LogP contribution in [-0.4, -0.2) is 31.2 Å². The number of benzene rings is 3. The number of carbonyl (C=O) groups is 1. The van der Waals surface area contributed by atoms with Crippen molar-refractivity contribution in [2.45, 2.75) is 17.6 Å². The molecule has 0 radical (unpaired) electrons. The second kappa shape index (κ2) is 9.03. The summed E-state index contributed by atoms with van der Waals surface area (Å²) in [6.07, 6.45) is 0. The summed E-state index contributed by atoms with van der Waals surface area (Å²) in [6.45, 7) is -0.0483. The summed E-state index contributed by atoms with van der Waals surface area (Å²) in [5.74, 6) is 0.504. The molecule has 5 aromatic rings. The van der Waals surface area contributed by atoms with Gasteiger partial charge >= 0.3 is 5.97 Å². The highest BCUT2D eigenvalue weighted by molar-refractivity contribution is 7.98. The van der Waals surface area contributed by atoms with Crippen molar-refractivity contribution in [3.63, 3.8) is 0 Å². The molecular formula is C23H17N5O3S. The van der Waals surface area contributed by atoms with Gasteiger partial charge in [0.2, 0.25) is 0 Å². The number of tetrazole rings is 1. The summed E-state index contributed by atoms with van der Waals surface area (Å²) < 4.78 is 12.8. The fourth-order valence-electron chi connectivity index (χ4n) is 3.17. The number of hydrogen-bond acceptors (Lipinski definition) is 8. The van der Waals surface area contributed by atoms with Crippen LogP contribution < -0.4 is 0 Å². The number of aromatic nitrogens is 5. The van der Waals surface area contributed by atoms with Gasteiger partial charge in [0.15, 0.2) is 18.0 Å². The topological polar surface area (TPSA) is 95.9 Å². The Morgan fingerprint density at radius 2 is 1.75 bits per heavy atom. The van der Waals surface area contributed by atoms with Crippen LogP contribution in [0.4, 0.5) is 0 Å². The average molecular weight is 443 g/mol. The van der Waals surface area contributed by atoms with Gasteiger partial charge in [-0.2, -0.15) is 4.68 Å². The molecule has 158 valence electrons. The van der Waals surface area contributed by atoms with Crippen LogP contribution >= 0.6 is 11.8 Å². The van der Waals surface area contributed by atoms with Gasteiger partial charge in [-0.25, -0.2) is 9.78 Å². The number of esters is 1. The van der Waals surface area contributed by atoms with Crippen molar-refractivity contribution in [1.29, 1.82) is 0 Å². The molecule has 2 heterocycles. The quantitative estimate of drug-likeness (QED) is 0.269. The van der Waals surface area contributed by atoms with Crippen LogP contribution in [0.1, 0.15) is 21.7 Å². The van der Waals surface area contributed by atoms with Crippen molar-refractivity contribution >= 4 is 28.8 Å². The molecule has 2 aromatic heterocycles. The number of fused-ring (bicyclic) bond motifs is 1. The first-order valence-electron chi connectivity index (χ1n) is 9.84. The van der Waals surface area contributed by atoms with Gasteiger partial charge in [-0.3, -0.25) is 0 Å². The van der Waals surface area contributed by atoms with Crippen LogP contribution in [0.3, 0.4) is 0 Å². The van der Waals surface area contributed by atoms with Crippen molar-refractivity contribution < 1.29 is 13.9 Å². The highest BCUT2D eigenvalue weighted by atomic mass is 32.2. The monoisotopic (exact) mass is 443 g/mol. The zero-order valence-electron chi connectivity index (χ0n) is 16.8. The lowest BCUT2D eigenvalue weighted by molar-refractivity contribution is 0.0458. The molecule has 32 heavy (non-hydrogen) atoms. The molecule has 0 fully saturated rings. The third kappa shape index (κ3) is 4.23. The molecule has 8 nitrogen and oxygen atoms in total. The van der Waals surface area contributed by atoms with Crippen molar-refractivity contribution in [3.8, 4) is 5.69 Å². The van der Waals surface area contributed by atoms with E-state index in [-0.39, 0.29) is 6.61 Å². The summed E-state index contributed by atoms with van der Waals surface area (Å²) in [5.41, 5.74) is 3.64. The first-order valence-corrected chi connectivity index (χ1v) is 10.8. The van der Waals surface area contributed by atoms with E-state index in [0.717, 1.165) is 22.4 Å². The standard InChI is InChI=1S/C23H17N5O3S/c29-22(30-14-21-25-26-27-28(21)17-9-2-1-3-10-17)18-11-5-4-8-16(18)15-32-23-24-19-12-6-7-13-20(19)31-23/h1-13H,14-15H2. The average Bonchev–Trinajstić information content (AvgIpc) is 3.48. The van der Waals surface area contributed by atoms with Crippen LogP contribution in [0, 0.1) is 0 Å². The largest absolute Gasteiger partial charge is 0.454 e. The minimum atomic E-state index is -0.443. The molecule has 0 N–H and O–H groups in total. The highest BCUT2D eigenvalue weighted by Gasteiger charge is 2.16. The third-order valence-electron chi connectivity index (χ3n) is 4.73. The zero-order chi connectivity index (χ0) is 21.8. The van der Waals surface area contributed by atoms with Crippen LogP contribution in [0.5, 0.6) is 0 Å². The van der Waals surface area contributed by atoms with Crippen LogP contribution in [0.25, 0.3) is 16.8 Å². The lowest BCUT2D eigenvalue weighted by Gasteiger charge is -2.09. The van der Waals surface area contributed by atoms with Gasteiger partial charge < -0.3 is 9.15 Å². The summed E-state index contributed by atoms with van der Waals surface area (Å²) in [5, 5.41) is 12.2. The molecule has 0 aliphatic rings. The third-order valence-corrected chi connectivity index (χ3v) is 5.61. The Balaban J connectivity index is 1.27. The smallest absolute Gasteiger partial charge is 0.338 e. The number of carbonyl (C=O) groups excluding carboxylic acids is 1. The van der Waals surface area contributed by atoms with E-state index in [1.807, 2.05) is 66.7 Å². The normalized spacial score (nSPS) is 11.0. The van der Waals surface area contributed by atoms with Gasteiger partial charge in [0.1, 0.15) is 5.52 Å². The Bertz CT molecular complexity index is 1330. The van der Waals surface area contributed by atoms with Crippen molar-refractivity contribution in [3.05, 3.63) is 95.8 Å². The minimum Gasteiger partial charge on any atom is -0.454 e. The van der Waals surface area contributed by atoms with Gasteiger partial charge in [0.05, 0.1) is 11.3 Å². The maximum Gasteiger partial charge on any atom is 0.338 e. The number of oxazole rings is 1. The van der Waals surface area contributed by atoms with Crippen molar-refractivity contribution in [2.24, 2.45) is 0 Å². The fraction of sp³-hybridized carbons (Fsp3) is 0.0870. The number of ether oxygens (including phenoxy) is 1. The summed E-state index contributed by atoms with van der Waals surface area (Å²) in [4.78, 5) is 17.3. The highest BCUT2D eigenvalue weighted by Crippen LogP contribution is 2.27. The van der Waals surface area contributed by atoms with Gasteiger partial charge in [-0.1, -0.05) is 60.3 Å². The summed E-state index contributed by atoms with van der Waals surface area (Å²) >= 11 is 1.42. The van der Waals surface area contributed by atoms with Crippen LogP contribution in [-0.2, 0) is 17.1 Å². The molecule has 0 aliphatic carbocycles. The lowest BCUT2D eigenvalue weighted by Crippen LogP contribution is -2.11. The van der Waals surface area contributed by atoms with E-state index >= 15 is 0 Å². The molecular weight excluding hydrogens is 426 g/mol. The Morgan fingerprint density at radius 3 is 2.62 bits per heavy atom. The molecule has 0 amide bonds. The van der Waals surface area contributed by atoms with Crippen molar-refractivity contribution in [1.82, 2.24) is 25.2 Å². The van der Waals surface area contributed by atoms with E-state index < -0.39 is 5.97 Å². The summed E-state index contributed by atoms with van der Waals surface area (Å²) in [6, 6.07) is 24.3. The summed E-state index contributed by atoms with van der Waals surface area (Å²) in [7, 11) is 0. The predicted molar refractivity (Wildman–Crippen MR) is 118 cm³/mol. The molecule has 0 saturated carbocycles. The van der Waals surface area contributed by atoms with E-state index in [1.165, 1.54) is 11.8 Å². The maximum absolute atomic E-state index is 12.8. The van der Waals surface area contributed by atoms with E-state index in [0.29, 0.717) is 22.4 Å². The minimum absolute atomic E-state index is 0.0483. The molecule has 0 atom stereocenters. The zero-order valence-corrected chi connectivity index (χ0v) is 17.6. The molecule has 0 aliphatic heterocycles. The van der Waals surface area contributed by atoms with Gasteiger partial charge in [0.25, 0.3) is 5.22 Å². The fourth-order valence-corrected chi connectivity index (χ4v) is 4.01. The Hall–Kier alpha value is -3.98. The number of rotatable bonds is 7. The second-order valence-electron chi connectivity index (χ2n) is 6.81. The molecule has 3 aromatic carbocycles. The maximum atomic E-state index is 12.8. The Morgan fingerprint density at radius 1 is 0.969 bits per heavy atom. The molecule has 0 bridgehead atoms. The second-order valence-corrected chi connectivity index (χ2v) is 7.74. The molecule has 0 saturated heterocycles. The van der Waals surface area contributed by atoms with Gasteiger partial charge in [-0.05, 0) is 46.3 Å². The van der Waals surface area contributed by atoms with E-state index in [4.69, 9.17) is 9.15 Å². The van der Waals surface area contributed by atoms with E-state index in [2.05, 4.69) is 20.5 Å². The van der Waals surface area contributed by atoms with Crippen LogP contribution in [0.2, 0.25) is 0 Å². The van der Waals surface area contributed by atoms with E-state index in [1.54, 1.807) is 16.8 Å². The lowest BCUT2D eigenvalue weighted by atomic mass is 10.1. The SMILES string of the molecule is O=C(OCc1nnnn1-c1ccccc1)c1ccccc1CSc1nc2ccccc2o1. The van der Waals surface area contributed by atoms with E-state index in [9.17, 15) is 4.79 Å². The molecule has 9 heteroatoms. The first-order chi connectivity index (χ1) is 15.8. The van der Waals surface area contributed by atoms with Gasteiger partial charge in [0, 0.05) is 5.75 Å². The van der Waals surface area contributed by atoms with Crippen molar-refractivity contribution in [2.75, 3.05) is 0 Å².